The van der Waals surface area contributed by atoms with Crippen LogP contribution in [0.5, 0.6) is 0 Å². The van der Waals surface area contributed by atoms with Crippen LogP contribution >= 0.6 is 0 Å². The second-order valence-corrected chi connectivity index (χ2v) is 6.22. The molecule has 2 aliphatic rings. The fraction of sp³-hybridized carbons (Fsp3) is 0.923. The highest BCUT2D eigenvalue weighted by Crippen LogP contribution is 2.33. The molecule has 2 heterocycles. The average molecular weight is 225 g/mol. The lowest BCUT2D eigenvalue weighted by Crippen LogP contribution is -2.45. The Bertz CT molecular complexity index is 247. The Labute approximate surface area is 98.1 Å². The molecule has 0 amide bonds. The molecular weight excluding hydrogens is 202 g/mol. The van der Waals surface area contributed by atoms with E-state index in [2.05, 4.69) is 18.7 Å². The van der Waals surface area contributed by atoms with E-state index in [1.54, 1.807) is 0 Å². The number of piperidine rings is 1. The molecule has 2 rings (SSSR count). The highest BCUT2D eigenvalue weighted by atomic mass is 16.5. The lowest BCUT2D eigenvalue weighted by atomic mass is 9.81. The second kappa shape index (κ2) is 4.46. The van der Waals surface area contributed by atoms with Crippen LogP contribution in [-0.2, 0) is 9.53 Å². The molecule has 3 heteroatoms. The lowest BCUT2D eigenvalue weighted by Gasteiger charge is -2.39. The molecule has 0 saturated carbocycles. The summed E-state index contributed by atoms with van der Waals surface area (Å²) in [5.74, 6) is 0. The third-order valence-electron chi connectivity index (χ3n) is 4.13. The van der Waals surface area contributed by atoms with Crippen LogP contribution in [0, 0.1) is 10.8 Å². The quantitative estimate of drug-likeness (QED) is 0.685. The topological polar surface area (TPSA) is 29.5 Å². The number of rotatable bonds is 3. The number of carbonyl (C=O) groups excluding carboxylic acids is 1. The van der Waals surface area contributed by atoms with Crippen LogP contribution in [0.1, 0.15) is 33.1 Å². The summed E-state index contributed by atoms with van der Waals surface area (Å²) in [5.41, 5.74) is 0.276. The summed E-state index contributed by atoms with van der Waals surface area (Å²) < 4.78 is 5.38. The minimum absolute atomic E-state index is 0.207. The van der Waals surface area contributed by atoms with Crippen LogP contribution in [0.2, 0.25) is 0 Å². The highest BCUT2D eigenvalue weighted by Gasteiger charge is 2.38. The van der Waals surface area contributed by atoms with Gasteiger partial charge in [0.1, 0.15) is 6.29 Å². The summed E-state index contributed by atoms with van der Waals surface area (Å²) in [5, 5.41) is 0. The van der Waals surface area contributed by atoms with Crippen LogP contribution in [0.25, 0.3) is 0 Å². The van der Waals surface area contributed by atoms with Crippen LogP contribution in [-0.4, -0.2) is 44.0 Å². The Kier molecular flexibility index (Phi) is 3.36. The van der Waals surface area contributed by atoms with Gasteiger partial charge in [-0.1, -0.05) is 13.8 Å². The molecule has 1 atom stereocenters. The van der Waals surface area contributed by atoms with Gasteiger partial charge in [-0.2, -0.15) is 0 Å². The first-order chi connectivity index (χ1) is 7.55. The van der Waals surface area contributed by atoms with E-state index in [-0.39, 0.29) is 5.41 Å². The molecule has 2 fully saturated rings. The molecule has 2 aliphatic heterocycles. The Balaban J connectivity index is 1.88. The average Bonchev–Trinajstić information content (AvgIpc) is 2.71. The molecule has 0 radical (unpaired) electrons. The molecule has 0 aromatic heterocycles. The zero-order chi connectivity index (χ0) is 11.6. The van der Waals surface area contributed by atoms with Gasteiger partial charge in [-0.3, -0.25) is 0 Å². The molecule has 0 N–H and O–H groups in total. The van der Waals surface area contributed by atoms with Crippen molar-refractivity contribution < 1.29 is 9.53 Å². The summed E-state index contributed by atoms with van der Waals surface area (Å²) in [6.45, 7) is 9.18. The minimum Gasteiger partial charge on any atom is -0.380 e. The Morgan fingerprint density at radius 2 is 1.94 bits per heavy atom. The van der Waals surface area contributed by atoms with Gasteiger partial charge in [0.15, 0.2) is 0 Å². The zero-order valence-electron chi connectivity index (χ0n) is 10.5. The van der Waals surface area contributed by atoms with Gasteiger partial charge in [0.05, 0.1) is 12.0 Å². The third-order valence-corrected chi connectivity index (χ3v) is 4.13. The second-order valence-electron chi connectivity index (χ2n) is 6.22. The summed E-state index contributed by atoms with van der Waals surface area (Å²) in [6, 6.07) is 0. The van der Waals surface area contributed by atoms with E-state index in [0.29, 0.717) is 12.0 Å². The van der Waals surface area contributed by atoms with Crippen LogP contribution in [0.15, 0.2) is 0 Å². The molecule has 0 aliphatic carbocycles. The van der Waals surface area contributed by atoms with E-state index in [0.717, 1.165) is 38.9 Å². The fourth-order valence-corrected chi connectivity index (χ4v) is 2.64. The predicted molar refractivity (Wildman–Crippen MR) is 63.4 cm³/mol. The van der Waals surface area contributed by atoms with Crippen LogP contribution < -0.4 is 0 Å². The van der Waals surface area contributed by atoms with Crippen molar-refractivity contribution in [1.82, 2.24) is 4.90 Å². The fourth-order valence-electron chi connectivity index (χ4n) is 2.64. The number of likely N-dealkylation sites (tertiary alicyclic amines) is 1. The van der Waals surface area contributed by atoms with Crippen molar-refractivity contribution in [2.24, 2.45) is 10.8 Å². The molecule has 92 valence electrons. The van der Waals surface area contributed by atoms with E-state index >= 15 is 0 Å². The smallest absolute Gasteiger partial charge is 0.129 e. The lowest BCUT2D eigenvalue weighted by molar-refractivity contribution is -0.117. The van der Waals surface area contributed by atoms with E-state index < -0.39 is 0 Å². The first-order valence-electron chi connectivity index (χ1n) is 6.32. The van der Waals surface area contributed by atoms with Crippen molar-refractivity contribution >= 4 is 6.29 Å². The van der Waals surface area contributed by atoms with Gasteiger partial charge in [0, 0.05) is 13.2 Å². The maximum atomic E-state index is 11.2. The summed E-state index contributed by atoms with van der Waals surface area (Å²) in [7, 11) is 0. The van der Waals surface area contributed by atoms with Crippen molar-refractivity contribution in [3.8, 4) is 0 Å². The molecular formula is C13H23NO2. The molecule has 0 bridgehead atoms. The number of ether oxygens (including phenoxy) is 1. The minimum atomic E-state index is -0.207. The van der Waals surface area contributed by atoms with Crippen LogP contribution in [0.4, 0.5) is 0 Å². The summed E-state index contributed by atoms with van der Waals surface area (Å²) in [4.78, 5) is 13.7. The predicted octanol–water partition coefficient (Wildman–Crippen LogP) is 1.71. The van der Waals surface area contributed by atoms with E-state index in [1.807, 2.05) is 0 Å². The number of hydrogen-bond acceptors (Lipinski definition) is 3. The largest absolute Gasteiger partial charge is 0.380 e. The first-order valence-corrected chi connectivity index (χ1v) is 6.32. The first kappa shape index (κ1) is 12.1. The van der Waals surface area contributed by atoms with Crippen molar-refractivity contribution in [2.75, 3.05) is 32.8 Å². The zero-order valence-corrected chi connectivity index (χ0v) is 10.5. The maximum absolute atomic E-state index is 11.2. The Hall–Kier alpha value is -0.410. The van der Waals surface area contributed by atoms with Crippen LogP contribution in [0.3, 0.4) is 0 Å². The van der Waals surface area contributed by atoms with Gasteiger partial charge in [-0.15, -0.1) is 0 Å². The molecule has 0 spiro atoms. The summed E-state index contributed by atoms with van der Waals surface area (Å²) in [6.07, 6.45) is 4.50. The van der Waals surface area contributed by atoms with Gasteiger partial charge < -0.3 is 14.4 Å². The molecule has 1 unspecified atom stereocenters. The molecule has 16 heavy (non-hydrogen) atoms. The maximum Gasteiger partial charge on any atom is 0.129 e. The van der Waals surface area contributed by atoms with Crippen molar-refractivity contribution in [2.45, 2.75) is 33.1 Å². The van der Waals surface area contributed by atoms with Gasteiger partial charge in [-0.25, -0.2) is 0 Å². The Morgan fingerprint density at radius 1 is 1.25 bits per heavy atom. The molecule has 0 aromatic rings. The SMILES string of the molecule is CC1(C)CCN(CC2(C=O)CCOC2)CC1. The van der Waals surface area contributed by atoms with Crippen molar-refractivity contribution in [1.29, 1.82) is 0 Å². The third kappa shape index (κ3) is 2.64. The standard InChI is InChI=1S/C13H23NO2/c1-12(2)3-6-14(7-4-12)9-13(10-15)5-8-16-11-13/h10H,3-9,11H2,1-2H3. The Morgan fingerprint density at radius 3 is 2.44 bits per heavy atom. The normalized spacial score (nSPS) is 35.1. The number of aldehydes is 1. The molecule has 0 aromatic carbocycles. The molecule has 3 nitrogen and oxygen atoms in total. The monoisotopic (exact) mass is 225 g/mol. The number of hydrogen-bond donors (Lipinski definition) is 0. The van der Waals surface area contributed by atoms with Gasteiger partial charge in [0.25, 0.3) is 0 Å². The highest BCUT2D eigenvalue weighted by molar-refractivity contribution is 5.60. The van der Waals surface area contributed by atoms with Crippen molar-refractivity contribution in [3.05, 3.63) is 0 Å². The van der Waals surface area contributed by atoms with Gasteiger partial charge in [-0.05, 0) is 37.8 Å². The number of carbonyl (C=O) groups is 1. The van der Waals surface area contributed by atoms with Gasteiger partial charge >= 0.3 is 0 Å². The van der Waals surface area contributed by atoms with Gasteiger partial charge in [0.2, 0.25) is 0 Å². The molecule has 2 saturated heterocycles. The van der Waals surface area contributed by atoms with E-state index in [9.17, 15) is 4.79 Å². The van der Waals surface area contributed by atoms with E-state index in [4.69, 9.17) is 4.74 Å². The summed E-state index contributed by atoms with van der Waals surface area (Å²) >= 11 is 0. The van der Waals surface area contributed by atoms with E-state index in [1.165, 1.54) is 12.8 Å². The van der Waals surface area contributed by atoms with Crippen molar-refractivity contribution in [3.63, 3.8) is 0 Å². The number of nitrogens with zero attached hydrogens (tertiary/aromatic N) is 1.